The highest BCUT2D eigenvalue weighted by Gasteiger charge is 2.26. The van der Waals surface area contributed by atoms with Gasteiger partial charge < -0.3 is 9.80 Å². The zero-order valence-corrected chi connectivity index (χ0v) is 18.5. The van der Waals surface area contributed by atoms with E-state index < -0.39 is 10.0 Å². The monoisotopic (exact) mass is 437 g/mol. The second-order valence-corrected chi connectivity index (χ2v) is 9.68. The molecule has 0 atom stereocenters. The van der Waals surface area contributed by atoms with E-state index in [-0.39, 0.29) is 21.4 Å². The topological polar surface area (TPSA) is 86.7 Å². The van der Waals surface area contributed by atoms with Crippen LogP contribution in [0.2, 0.25) is 5.02 Å². The largest absolute Gasteiger partial charge is 0.353 e. The summed E-state index contributed by atoms with van der Waals surface area (Å²) in [5.41, 5.74) is 1.09. The zero-order valence-electron chi connectivity index (χ0n) is 16.9. The van der Waals surface area contributed by atoms with Crippen molar-refractivity contribution < 1.29 is 13.2 Å². The number of aromatic nitrogens is 2. The van der Waals surface area contributed by atoms with Crippen molar-refractivity contribution in [2.24, 2.45) is 0 Å². The number of hydrogen-bond donors (Lipinski definition) is 0. The van der Waals surface area contributed by atoms with E-state index >= 15 is 0 Å². The zero-order chi connectivity index (χ0) is 21.3. The molecule has 0 N–H and O–H groups in total. The lowest BCUT2D eigenvalue weighted by Gasteiger charge is -2.35. The molecule has 0 spiro atoms. The number of benzene rings is 1. The molecule has 1 fully saturated rings. The minimum atomic E-state index is -3.65. The number of nitrogens with zero attached hydrogens (tertiary/aromatic N) is 5. The lowest BCUT2D eigenvalue weighted by molar-refractivity contribution is 0.0746. The number of carbonyl (C=O) groups excluding carboxylic acids is 1. The SMILES string of the molecule is Cc1cc(N2CCN(C(=O)c3cc(S(=O)(=O)N(C)C)ccc3Cl)CC2)nc(C)n1. The van der Waals surface area contributed by atoms with Crippen LogP contribution in [0.1, 0.15) is 21.9 Å². The first kappa shape index (κ1) is 21.5. The number of amides is 1. The fourth-order valence-corrected chi connectivity index (χ4v) is 4.33. The van der Waals surface area contributed by atoms with Crippen LogP contribution < -0.4 is 4.90 Å². The standard InChI is InChI=1S/C19H24ClN5O3S/c1-13-11-18(22-14(2)21-13)24-7-9-25(10-8-24)19(26)16-12-15(5-6-17(16)20)29(27,28)23(3)4/h5-6,11-12H,7-10H2,1-4H3. The molecule has 156 valence electrons. The van der Waals surface area contributed by atoms with Gasteiger partial charge in [-0.3, -0.25) is 4.79 Å². The summed E-state index contributed by atoms with van der Waals surface area (Å²) in [4.78, 5) is 25.6. The molecule has 1 aliphatic rings. The Morgan fingerprint density at radius 1 is 1.07 bits per heavy atom. The molecule has 1 amide bonds. The molecule has 2 heterocycles. The van der Waals surface area contributed by atoms with E-state index in [4.69, 9.17) is 11.6 Å². The third-order valence-electron chi connectivity index (χ3n) is 4.79. The Morgan fingerprint density at radius 2 is 1.72 bits per heavy atom. The molecule has 0 bridgehead atoms. The predicted molar refractivity (Wildman–Crippen MR) is 112 cm³/mol. The molecule has 8 nitrogen and oxygen atoms in total. The molecule has 0 saturated carbocycles. The van der Waals surface area contributed by atoms with Crippen LogP contribution in [0.15, 0.2) is 29.2 Å². The molecule has 2 aromatic rings. The van der Waals surface area contributed by atoms with Crippen LogP contribution in [-0.2, 0) is 10.0 Å². The van der Waals surface area contributed by atoms with Crippen molar-refractivity contribution in [3.8, 4) is 0 Å². The minimum absolute atomic E-state index is 0.0424. The molecule has 1 aromatic heterocycles. The van der Waals surface area contributed by atoms with Crippen molar-refractivity contribution in [2.45, 2.75) is 18.7 Å². The summed E-state index contributed by atoms with van der Waals surface area (Å²) in [6.07, 6.45) is 0. The third kappa shape index (κ3) is 4.52. The molecule has 0 unspecified atom stereocenters. The van der Waals surface area contributed by atoms with E-state index in [0.29, 0.717) is 32.0 Å². The summed E-state index contributed by atoms with van der Waals surface area (Å²) in [6.45, 7) is 6.00. The summed E-state index contributed by atoms with van der Waals surface area (Å²) in [7, 11) is -0.761. The first-order valence-electron chi connectivity index (χ1n) is 9.18. The molecule has 1 aromatic carbocycles. The van der Waals surface area contributed by atoms with Gasteiger partial charge in [-0.25, -0.2) is 22.7 Å². The van der Waals surface area contributed by atoms with Gasteiger partial charge in [0.15, 0.2) is 0 Å². The Bertz CT molecular complexity index is 1010. The number of piperazine rings is 1. The van der Waals surface area contributed by atoms with Crippen molar-refractivity contribution in [3.05, 3.63) is 46.4 Å². The fraction of sp³-hybridized carbons (Fsp3) is 0.421. The van der Waals surface area contributed by atoms with Crippen LogP contribution in [0.25, 0.3) is 0 Å². The summed E-state index contributed by atoms with van der Waals surface area (Å²) in [5.74, 6) is 1.28. The van der Waals surface area contributed by atoms with E-state index in [9.17, 15) is 13.2 Å². The molecular weight excluding hydrogens is 414 g/mol. The molecule has 0 aliphatic carbocycles. The van der Waals surface area contributed by atoms with E-state index in [1.165, 1.54) is 32.3 Å². The Hall–Kier alpha value is -2.23. The maximum Gasteiger partial charge on any atom is 0.255 e. The first-order valence-corrected chi connectivity index (χ1v) is 11.0. The molecule has 0 radical (unpaired) electrons. The lowest BCUT2D eigenvalue weighted by atomic mass is 10.1. The Labute approximate surface area is 176 Å². The van der Waals surface area contributed by atoms with Gasteiger partial charge >= 0.3 is 0 Å². The molecule has 1 aliphatic heterocycles. The van der Waals surface area contributed by atoms with Gasteiger partial charge in [0, 0.05) is 52.0 Å². The summed E-state index contributed by atoms with van der Waals surface area (Å²) in [6, 6.07) is 6.14. The van der Waals surface area contributed by atoms with E-state index in [1.54, 1.807) is 4.90 Å². The molecule has 3 rings (SSSR count). The second kappa shape index (κ2) is 8.25. The summed E-state index contributed by atoms with van der Waals surface area (Å²) < 4.78 is 25.9. The predicted octanol–water partition coefficient (Wildman–Crippen LogP) is 1.96. The molecule has 29 heavy (non-hydrogen) atoms. The number of halogens is 1. The number of rotatable bonds is 4. The third-order valence-corrected chi connectivity index (χ3v) is 6.93. The fourth-order valence-electron chi connectivity index (χ4n) is 3.21. The van der Waals surface area contributed by atoms with Crippen LogP contribution in [0.3, 0.4) is 0 Å². The van der Waals surface area contributed by atoms with Crippen LogP contribution in [0.5, 0.6) is 0 Å². The number of aryl methyl sites for hydroxylation is 2. The Balaban J connectivity index is 1.77. The summed E-state index contributed by atoms with van der Waals surface area (Å²) in [5, 5.41) is 0.234. The van der Waals surface area contributed by atoms with Crippen molar-refractivity contribution in [2.75, 3.05) is 45.2 Å². The molecular formula is C19H24ClN5O3S. The van der Waals surface area contributed by atoms with Gasteiger partial charge in [-0.15, -0.1) is 0 Å². The number of hydrogen-bond acceptors (Lipinski definition) is 6. The van der Waals surface area contributed by atoms with Gasteiger partial charge in [0.05, 0.1) is 15.5 Å². The van der Waals surface area contributed by atoms with Gasteiger partial charge in [0.25, 0.3) is 5.91 Å². The van der Waals surface area contributed by atoms with Gasteiger partial charge in [0.1, 0.15) is 11.6 Å². The number of anilines is 1. The van der Waals surface area contributed by atoms with Gasteiger partial charge in [0.2, 0.25) is 10.0 Å². The number of sulfonamides is 1. The smallest absolute Gasteiger partial charge is 0.255 e. The number of carbonyl (C=O) groups is 1. The van der Waals surface area contributed by atoms with Gasteiger partial charge in [-0.2, -0.15) is 0 Å². The van der Waals surface area contributed by atoms with Gasteiger partial charge in [-0.1, -0.05) is 11.6 Å². The van der Waals surface area contributed by atoms with E-state index in [1.807, 2.05) is 19.9 Å². The van der Waals surface area contributed by atoms with Crippen molar-refractivity contribution in [1.82, 2.24) is 19.2 Å². The van der Waals surface area contributed by atoms with E-state index in [0.717, 1.165) is 15.8 Å². The average Bonchev–Trinajstić information content (AvgIpc) is 2.67. The normalized spacial score (nSPS) is 15.1. The minimum Gasteiger partial charge on any atom is -0.353 e. The van der Waals surface area contributed by atoms with Crippen molar-refractivity contribution >= 4 is 33.3 Å². The highest BCUT2D eigenvalue weighted by atomic mass is 35.5. The second-order valence-electron chi connectivity index (χ2n) is 7.12. The Kier molecular flexibility index (Phi) is 6.11. The van der Waals surface area contributed by atoms with Crippen molar-refractivity contribution in [3.63, 3.8) is 0 Å². The maximum absolute atomic E-state index is 13.0. The van der Waals surface area contributed by atoms with E-state index in [2.05, 4.69) is 14.9 Å². The maximum atomic E-state index is 13.0. The molecule has 1 saturated heterocycles. The first-order chi connectivity index (χ1) is 13.6. The Morgan fingerprint density at radius 3 is 2.31 bits per heavy atom. The highest BCUT2D eigenvalue weighted by molar-refractivity contribution is 7.89. The molecule has 10 heteroatoms. The quantitative estimate of drug-likeness (QED) is 0.726. The van der Waals surface area contributed by atoms with Gasteiger partial charge in [-0.05, 0) is 32.0 Å². The van der Waals surface area contributed by atoms with Crippen LogP contribution >= 0.6 is 11.6 Å². The van der Waals surface area contributed by atoms with Crippen molar-refractivity contribution in [1.29, 1.82) is 0 Å². The van der Waals surface area contributed by atoms with Crippen LogP contribution in [0.4, 0.5) is 5.82 Å². The summed E-state index contributed by atoms with van der Waals surface area (Å²) >= 11 is 6.22. The lowest BCUT2D eigenvalue weighted by Crippen LogP contribution is -2.49. The van der Waals surface area contributed by atoms with Crippen LogP contribution in [-0.4, -0.2) is 73.8 Å². The van der Waals surface area contributed by atoms with Crippen LogP contribution in [0, 0.1) is 13.8 Å². The highest BCUT2D eigenvalue weighted by Crippen LogP contribution is 2.24. The average molecular weight is 438 g/mol.